The Bertz CT molecular complexity index is 1620. The lowest BCUT2D eigenvalue weighted by Gasteiger charge is -2.13. The van der Waals surface area contributed by atoms with Crippen molar-refractivity contribution in [3.8, 4) is 28.4 Å². The molecular weight excluding hydrogens is 498 g/mol. The van der Waals surface area contributed by atoms with Crippen molar-refractivity contribution in [2.45, 2.75) is 18.2 Å². The summed E-state index contributed by atoms with van der Waals surface area (Å²) < 4.78 is 15.9. The summed E-state index contributed by atoms with van der Waals surface area (Å²) in [5.74, 6) is 1.45. The molecule has 0 radical (unpaired) electrons. The maximum absolute atomic E-state index is 13.4. The van der Waals surface area contributed by atoms with E-state index in [1.54, 1.807) is 19.4 Å². The van der Waals surface area contributed by atoms with Crippen molar-refractivity contribution in [3.05, 3.63) is 95.4 Å². The molecule has 0 spiro atoms. The van der Waals surface area contributed by atoms with Crippen LogP contribution in [0.2, 0.25) is 0 Å². The summed E-state index contributed by atoms with van der Waals surface area (Å²) in [5, 5.41) is 0.464. The van der Waals surface area contributed by atoms with Crippen LogP contribution in [0.1, 0.15) is 13.3 Å². The summed E-state index contributed by atoms with van der Waals surface area (Å²) in [6, 6.07) is 24.6. The molecule has 0 aliphatic heterocycles. The summed E-state index contributed by atoms with van der Waals surface area (Å²) in [5.41, 5.74) is 9.45. The molecule has 0 amide bonds. The fraction of sp³-hybridized carbons (Fsp3) is 0.138. The second-order valence-corrected chi connectivity index (χ2v) is 9.36. The van der Waals surface area contributed by atoms with Crippen LogP contribution in [0, 0.1) is 0 Å². The molecule has 0 saturated heterocycles. The van der Waals surface area contributed by atoms with Gasteiger partial charge in [-0.05, 0) is 78.5 Å². The van der Waals surface area contributed by atoms with Crippen LogP contribution in [0.4, 0.5) is 11.6 Å². The van der Waals surface area contributed by atoms with E-state index >= 15 is 0 Å². The Morgan fingerprint density at radius 3 is 2.53 bits per heavy atom. The fourth-order valence-electron chi connectivity index (χ4n) is 3.99. The molecule has 2 heterocycles. The predicted octanol–water partition coefficient (Wildman–Crippen LogP) is 5.95. The Hall–Kier alpha value is -4.50. The Labute approximate surface area is 224 Å². The minimum absolute atomic E-state index is 0.140. The standard InChI is InChI=1S/C29H27N5O3S/c1-3-15-37-22-10-12-23(13-11-22)38-33-26-17-20(18-31-27(26)36-2)19-9-14-25-24(16-19)28(35)34(29(30)32-25)21-7-5-4-6-8-21/h4-14,16-18,33H,3,15H2,1-2H3,(H2,30,32). The van der Waals surface area contributed by atoms with Crippen LogP contribution in [-0.4, -0.2) is 28.3 Å². The Morgan fingerprint density at radius 1 is 1.00 bits per heavy atom. The van der Waals surface area contributed by atoms with E-state index < -0.39 is 0 Å². The van der Waals surface area contributed by atoms with Gasteiger partial charge >= 0.3 is 0 Å². The van der Waals surface area contributed by atoms with Crippen molar-refractivity contribution >= 4 is 34.5 Å². The second-order valence-electron chi connectivity index (χ2n) is 8.48. The number of anilines is 2. The summed E-state index contributed by atoms with van der Waals surface area (Å²) in [6.07, 6.45) is 2.68. The molecule has 0 unspecified atom stereocenters. The zero-order valence-corrected chi connectivity index (χ0v) is 21.9. The average molecular weight is 526 g/mol. The monoisotopic (exact) mass is 525 g/mol. The van der Waals surface area contributed by atoms with Crippen LogP contribution in [-0.2, 0) is 0 Å². The third-order valence-corrected chi connectivity index (χ3v) is 6.69. The minimum Gasteiger partial charge on any atom is -0.494 e. The van der Waals surface area contributed by atoms with E-state index in [0.29, 0.717) is 34.8 Å². The molecule has 0 saturated carbocycles. The van der Waals surface area contributed by atoms with Crippen LogP contribution >= 0.6 is 11.9 Å². The number of methoxy groups -OCH3 is 1. The van der Waals surface area contributed by atoms with E-state index in [2.05, 4.69) is 21.6 Å². The van der Waals surface area contributed by atoms with E-state index in [9.17, 15) is 4.79 Å². The number of nitrogens with two attached hydrogens (primary N) is 1. The first-order valence-electron chi connectivity index (χ1n) is 12.1. The summed E-state index contributed by atoms with van der Waals surface area (Å²) in [6.45, 7) is 2.77. The molecule has 0 bridgehead atoms. The first kappa shape index (κ1) is 25.2. The zero-order chi connectivity index (χ0) is 26.5. The van der Waals surface area contributed by atoms with Gasteiger partial charge in [0.2, 0.25) is 11.8 Å². The number of para-hydroxylation sites is 1. The van der Waals surface area contributed by atoms with Crippen molar-refractivity contribution < 1.29 is 9.47 Å². The molecule has 8 nitrogen and oxygen atoms in total. The molecular formula is C29H27N5O3S. The highest BCUT2D eigenvalue weighted by atomic mass is 32.2. The highest BCUT2D eigenvalue weighted by Gasteiger charge is 2.13. The molecule has 5 aromatic rings. The van der Waals surface area contributed by atoms with Crippen molar-refractivity contribution in [1.82, 2.24) is 14.5 Å². The van der Waals surface area contributed by atoms with E-state index in [1.165, 1.54) is 16.5 Å². The highest BCUT2D eigenvalue weighted by molar-refractivity contribution is 8.00. The first-order valence-corrected chi connectivity index (χ1v) is 13.0. The van der Waals surface area contributed by atoms with Crippen LogP contribution in [0.25, 0.3) is 27.7 Å². The normalized spacial score (nSPS) is 10.9. The van der Waals surface area contributed by atoms with Gasteiger partial charge < -0.3 is 19.9 Å². The number of nitrogens with one attached hydrogen (secondary N) is 1. The number of pyridine rings is 1. The van der Waals surface area contributed by atoms with Crippen LogP contribution in [0.3, 0.4) is 0 Å². The summed E-state index contributed by atoms with van der Waals surface area (Å²) in [7, 11) is 1.58. The van der Waals surface area contributed by atoms with Gasteiger partial charge in [-0.1, -0.05) is 31.2 Å². The Morgan fingerprint density at radius 2 is 1.79 bits per heavy atom. The third-order valence-electron chi connectivity index (χ3n) is 5.86. The number of hydrogen-bond donors (Lipinski definition) is 2. The molecule has 0 fully saturated rings. The molecule has 9 heteroatoms. The van der Waals surface area contributed by atoms with Crippen LogP contribution in [0.15, 0.2) is 94.7 Å². The lowest BCUT2D eigenvalue weighted by Crippen LogP contribution is -2.23. The van der Waals surface area contributed by atoms with Crippen molar-refractivity contribution in [2.24, 2.45) is 0 Å². The molecule has 3 N–H and O–H groups in total. The first-order chi connectivity index (χ1) is 18.6. The van der Waals surface area contributed by atoms with Crippen molar-refractivity contribution in [2.75, 3.05) is 24.2 Å². The number of ether oxygens (including phenoxy) is 2. The van der Waals surface area contributed by atoms with Crippen LogP contribution in [0.5, 0.6) is 11.6 Å². The second kappa shape index (κ2) is 11.3. The molecule has 0 aliphatic carbocycles. The third kappa shape index (κ3) is 5.28. The van der Waals surface area contributed by atoms with Gasteiger partial charge in [-0.2, -0.15) is 0 Å². The molecule has 192 valence electrons. The topological polar surface area (TPSA) is 104 Å². The largest absolute Gasteiger partial charge is 0.494 e. The SMILES string of the molecule is CCCOc1ccc(SNc2cc(-c3ccc4nc(N)n(-c5ccccc5)c(=O)c4c3)cnc2OC)cc1. The Balaban J connectivity index is 1.45. The van der Waals surface area contributed by atoms with Gasteiger partial charge in [0.05, 0.1) is 30.3 Å². The molecule has 0 atom stereocenters. The van der Waals surface area contributed by atoms with Crippen LogP contribution < -0.4 is 25.5 Å². The Kier molecular flexibility index (Phi) is 7.46. The van der Waals surface area contributed by atoms with Crippen molar-refractivity contribution in [1.29, 1.82) is 0 Å². The van der Waals surface area contributed by atoms with Gasteiger partial charge in [0, 0.05) is 16.7 Å². The van der Waals surface area contributed by atoms with Crippen molar-refractivity contribution in [3.63, 3.8) is 0 Å². The van der Waals surface area contributed by atoms with Gasteiger partial charge in [-0.25, -0.2) is 14.5 Å². The number of rotatable bonds is 9. The number of benzene rings is 3. The molecule has 38 heavy (non-hydrogen) atoms. The lowest BCUT2D eigenvalue weighted by atomic mass is 10.0. The summed E-state index contributed by atoms with van der Waals surface area (Å²) in [4.78, 5) is 23.4. The van der Waals surface area contributed by atoms with Gasteiger partial charge in [-0.15, -0.1) is 0 Å². The van der Waals surface area contributed by atoms with E-state index in [1.807, 2.05) is 72.8 Å². The lowest BCUT2D eigenvalue weighted by molar-refractivity contribution is 0.317. The van der Waals surface area contributed by atoms with E-state index in [4.69, 9.17) is 15.2 Å². The zero-order valence-electron chi connectivity index (χ0n) is 21.0. The van der Waals surface area contributed by atoms with Gasteiger partial charge in [0.1, 0.15) is 11.4 Å². The molecule has 5 rings (SSSR count). The maximum atomic E-state index is 13.4. The summed E-state index contributed by atoms with van der Waals surface area (Å²) >= 11 is 1.44. The van der Waals surface area contributed by atoms with Gasteiger partial charge in [-0.3, -0.25) is 4.79 Å². The predicted molar refractivity (Wildman–Crippen MR) is 153 cm³/mol. The number of hydrogen-bond acceptors (Lipinski definition) is 8. The number of aromatic nitrogens is 3. The average Bonchev–Trinajstić information content (AvgIpc) is 2.96. The highest BCUT2D eigenvalue weighted by Crippen LogP contribution is 2.33. The van der Waals surface area contributed by atoms with Gasteiger partial charge in [0.25, 0.3) is 5.56 Å². The quantitative estimate of drug-likeness (QED) is 0.228. The number of fused-ring (bicyclic) bond motifs is 1. The fourth-order valence-corrected chi connectivity index (χ4v) is 4.64. The van der Waals surface area contributed by atoms with E-state index in [0.717, 1.165) is 28.2 Å². The van der Waals surface area contributed by atoms with E-state index in [-0.39, 0.29) is 11.5 Å². The maximum Gasteiger partial charge on any atom is 0.267 e. The minimum atomic E-state index is -0.234. The molecule has 0 aliphatic rings. The number of nitrogen functional groups attached to an aromatic ring is 1. The molecule has 3 aromatic carbocycles. The van der Waals surface area contributed by atoms with Gasteiger partial charge in [0.15, 0.2) is 0 Å². The smallest absolute Gasteiger partial charge is 0.267 e. The number of nitrogens with zero attached hydrogens (tertiary/aromatic N) is 3. The molecule has 2 aromatic heterocycles.